The van der Waals surface area contributed by atoms with E-state index in [4.69, 9.17) is 4.74 Å². The van der Waals surface area contributed by atoms with Gasteiger partial charge in [0.15, 0.2) is 6.61 Å². The quantitative estimate of drug-likeness (QED) is 0.873. The minimum Gasteiger partial charge on any atom is -0.483 e. The lowest BCUT2D eigenvalue weighted by Gasteiger charge is -2.27. The summed E-state index contributed by atoms with van der Waals surface area (Å²) in [6.07, 6.45) is 0. The number of rotatable bonds is 5. The number of para-hydroxylation sites is 1. The zero-order valence-corrected chi connectivity index (χ0v) is 13.2. The number of amides is 1. The lowest BCUT2D eigenvalue weighted by atomic mass is 9.87. The lowest BCUT2D eigenvalue weighted by molar-refractivity contribution is -0.145. The highest BCUT2D eigenvalue weighted by Gasteiger charge is 2.32. The Hall–Kier alpha value is -2.04. The first-order valence-corrected chi connectivity index (χ1v) is 6.84. The summed E-state index contributed by atoms with van der Waals surface area (Å²) in [5.74, 6) is -0.835. The van der Waals surface area contributed by atoms with Gasteiger partial charge < -0.3 is 15.2 Å². The zero-order valence-electron chi connectivity index (χ0n) is 13.2. The van der Waals surface area contributed by atoms with Gasteiger partial charge in [0, 0.05) is 0 Å². The number of ether oxygens (including phenoxy) is 1. The molecule has 116 valence electrons. The van der Waals surface area contributed by atoms with Gasteiger partial charge in [0.1, 0.15) is 11.8 Å². The van der Waals surface area contributed by atoms with Crippen molar-refractivity contribution in [1.82, 2.24) is 5.32 Å². The molecule has 0 aromatic heterocycles. The van der Waals surface area contributed by atoms with Crippen LogP contribution in [-0.4, -0.2) is 29.6 Å². The van der Waals surface area contributed by atoms with Crippen molar-refractivity contribution in [2.45, 2.75) is 40.7 Å². The predicted molar refractivity (Wildman–Crippen MR) is 80.4 cm³/mol. The molecule has 0 saturated carbocycles. The van der Waals surface area contributed by atoms with Gasteiger partial charge >= 0.3 is 5.97 Å². The van der Waals surface area contributed by atoms with Gasteiger partial charge in [0.05, 0.1) is 0 Å². The fraction of sp³-hybridized carbons (Fsp3) is 0.500. The molecule has 0 unspecified atom stereocenters. The van der Waals surface area contributed by atoms with Gasteiger partial charge in [0.25, 0.3) is 5.91 Å². The van der Waals surface area contributed by atoms with Crippen LogP contribution in [-0.2, 0) is 9.59 Å². The largest absolute Gasteiger partial charge is 0.483 e. The van der Waals surface area contributed by atoms with Crippen LogP contribution in [0.15, 0.2) is 18.2 Å². The summed E-state index contributed by atoms with van der Waals surface area (Å²) in [4.78, 5) is 23.1. The number of hydrogen-bond acceptors (Lipinski definition) is 3. The summed E-state index contributed by atoms with van der Waals surface area (Å²) >= 11 is 0. The van der Waals surface area contributed by atoms with E-state index in [1.807, 2.05) is 32.0 Å². The molecule has 0 heterocycles. The van der Waals surface area contributed by atoms with Crippen LogP contribution in [0.1, 0.15) is 31.9 Å². The maximum absolute atomic E-state index is 11.9. The van der Waals surface area contributed by atoms with Gasteiger partial charge in [-0.1, -0.05) is 39.0 Å². The third-order valence-corrected chi connectivity index (χ3v) is 3.17. The van der Waals surface area contributed by atoms with E-state index < -0.39 is 23.3 Å². The molecule has 1 amide bonds. The molecule has 0 aliphatic carbocycles. The fourth-order valence-electron chi connectivity index (χ4n) is 2.02. The molecule has 5 nitrogen and oxygen atoms in total. The average Bonchev–Trinajstić information content (AvgIpc) is 2.33. The second-order valence-electron chi connectivity index (χ2n) is 6.21. The highest BCUT2D eigenvalue weighted by atomic mass is 16.5. The zero-order chi connectivity index (χ0) is 16.2. The summed E-state index contributed by atoms with van der Waals surface area (Å²) in [6, 6.07) is 4.76. The van der Waals surface area contributed by atoms with E-state index in [0.717, 1.165) is 11.1 Å². The van der Waals surface area contributed by atoms with Gasteiger partial charge in [-0.25, -0.2) is 4.79 Å². The van der Waals surface area contributed by atoms with Crippen molar-refractivity contribution in [2.75, 3.05) is 6.61 Å². The number of carbonyl (C=O) groups is 2. The Balaban J connectivity index is 2.68. The number of aryl methyl sites for hydroxylation is 2. The molecule has 5 heteroatoms. The van der Waals surface area contributed by atoms with Gasteiger partial charge in [0.2, 0.25) is 0 Å². The molecular weight excluding hydrogens is 270 g/mol. The number of carboxylic acids is 1. The van der Waals surface area contributed by atoms with Crippen molar-refractivity contribution in [3.05, 3.63) is 29.3 Å². The second-order valence-corrected chi connectivity index (χ2v) is 6.21. The van der Waals surface area contributed by atoms with Crippen LogP contribution in [0.4, 0.5) is 0 Å². The van der Waals surface area contributed by atoms with Crippen LogP contribution >= 0.6 is 0 Å². The van der Waals surface area contributed by atoms with Gasteiger partial charge in [-0.05, 0) is 30.4 Å². The first kappa shape index (κ1) is 17.0. The third kappa shape index (κ3) is 4.77. The topological polar surface area (TPSA) is 75.6 Å². The normalized spacial score (nSPS) is 12.6. The third-order valence-electron chi connectivity index (χ3n) is 3.17. The van der Waals surface area contributed by atoms with Crippen LogP contribution in [0.5, 0.6) is 5.75 Å². The summed E-state index contributed by atoms with van der Waals surface area (Å²) in [7, 11) is 0. The maximum Gasteiger partial charge on any atom is 0.326 e. The molecule has 0 radical (unpaired) electrons. The first-order valence-electron chi connectivity index (χ1n) is 6.84. The van der Waals surface area contributed by atoms with Crippen LogP contribution in [0.25, 0.3) is 0 Å². The highest BCUT2D eigenvalue weighted by molar-refractivity contribution is 5.85. The van der Waals surface area contributed by atoms with Gasteiger partial charge in [-0.3, -0.25) is 4.79 Å². The van der Waals surface area contributed by atoms with Crippen LogP contribution in [0.2, 0.25) is 0 Å². The van der Waals surface area contributed by atoms with E-state index in [9.17, 15) is 14.7 Å². The van der Waals surface area contributed by atoms with Crippen molar-refractivity contribution in [1.29, 1.82) is 0 Å². The Morgan fingerprint density at radius 1 is 1.24 bits per heavy atom. The molecule has 1 aromatic rings. The van der Waals surface area contributed by atoms with Crippen molar-refractivity contribution >= 4 is 11.9 Å². The molecule has 0 aliphatic heterocycles. The number of aliphatic carboxylic acids is 1. The van der Waals surface area contributed by atoms with E-state index in [2.05, 4.69) is 5.32 Å². The van der Waals surface area contributed by atoms with Gasteiger partial charge in [-0.2, -0.15) is 0 Å². The van der Waals surface area contributed by atoms with E-state index >= 15 is 0 Å². The minimum absolute atomic E-state index is 0.203. The molecule has 0 aliphatic rings. The Bertz CT molecular complexity index is 511. The molecule has 0 fully saturated rings. The first-order chi connectivity index (χ1) is 9.62. The Morgan fingerprint density at radius 3 is 2.19 bits per heavy atom. The monoisotopic (exact) mass is 293 g/mol. The van der Waals surface area contributed by atoms with Crippen molar-refractivity contribution in [3.63, 3.8) is 0 Å². The molecule has 1 aromatic carbocycles. The van der Waals surface area contributed by atoms with Crippen LogP contribution in [0.3, 0.4) is 0 Å². The second kappa shape index (κ2) is 6.61. The van der Waals surface area contributed by atoms with Crippen LogP contribution < -0.4 is 10.1 Å². The van der Waals surface area contributed by atoms with E-state index in [1.54, 1.807) is 20.8 Å². The molecule has 1 atom stereocenters. The standard InChI is InChI=1S/C16H23NO4/c1-10-7-6-8-11(2)13(10)21-9-12(18)17-14(15(19)20)16(3,4)5/h6-8,14H,9H2,1-5H3,(H,17,18)(H,19,20)/t14-/m1/s1. The SMILES string of the molecule is Cc1cccc(C)c1OCC(=O)N[C@H](C(=O)O)C(C)(C)C. The molecule has 0 bridgehead atoms. The minimum atomic E-state index is -1.05. The maximum atomic E-state index is 11.9. The summed E-state index contributed by atoms with van der Waals surface area (Å²) in [6.45, 7) is 8.88. The number of hydrogen-bond donors (Lipinski definition) is 2. The summed E-state index contributed by atoms with van der Waals surface area (Å²) in [5, 5.41) is 11.7. The molecule has 0 saturated heterocycles. The Labute approximate surface area is 125 Å². The number of nitrogens with one attached hydrogen (secondary N) is 1. The number of benzene rings is 1. The van der Waals surface area contributed by atoms with Crippen molar-refractivity contribution in [2.24, 2.45) is 5.41 Å². The van der Waals surface area contributed by atoms with E-state index in [1.165, 1.54) is 0 Å². The average molecular weight is 293 g/mol. The van der Waals surface area contributed by atoms with Gasteiger partial charge in [-0.15, -0.1) is 0 Å². The Kier molecular flexibility index (Phi) is 5.35. The molecular formula is C16H23NO4. The van der Waals surface area contributed by atoms with Crippen molar-refractivity contribution < 1.29 is 19.4 Å². The summed E-state index contributed by atoms with van der Waals surface area (Å²) < 4.78 is 5.52. The van der Waals surface area contributed by atoms with E-state index in [0.29, 0.717) is 5.75 Å². The Morgan fingerprint density at radius 2 is 1.76 bits per heavy atom. The fourth-order valence-corrected chi connectivity index (χ4v) is 2.02. The van der Waals surface area contributed by atoms with Crippen LogP contribution in [0, 0.1) is 19.3 Å². The summed E-state index contributed by atoms with van der Waals surface area (Å²) in [5.41, 5.74) is 1.31. The number of carbonyl (C=O) groups excluding carboxylic acids is 1. The van der Waals surface area contributed by atoms with Crippen molar-refractivity contribution in [3.8, 4) is 5.75 Å². The lowest BCUT2D eigenvalue weighted by Crippen LogP contribution is -2.50. The smallest absolute Gasteiger partial charge is 0.326 e. The van der Waals surface area contributed by atoms with E-state index in [-0.39, 0.29) is 6.61 Å². The molecule has 1 rings (SSSR count). The predicted octanol–water partition coefficient (Wildman–Crippen LogP) is 2.30. The highest BCUT2D eigenvalue weighted by Crippen LogP contribution is 2.22. The number of carboxylic acid groups (broad SMARTS) is 1. The molecule has 2 N–H and O–H groups in total. The molecule has 0 spiro atoms. The molecule has 21 heavy (non-hydrogen) atoms.